The predicted octanol–water partition coefficient (Wildman–Crippen LogP) is 3.40. The van der Waals surface area contributed by atoms with Gasteiger partial charge in [0.1, 0.15) is 5.82 Å². The fraction of sp³-hybridized carbons (Fsp3) is 0.231. The average molecular weight is 384 g/mol. The van der Waals surface area contributed by atoms with E-state index >= 15 is 0 Å². The highest BCUT2D eigenvalue weighted by Gasteiger charge is 2.13. The highest BCUT2D eigenvalue weighted by Crippen LogP contribution is 2.26. The SMILES string of the molecule is CCNc1nc(-c2cc([N+](=O)[O-])ccc2C)ncc1I. The monoisotopic (exact) mass is 384 g/mol. The first kappa shape index (κ1) is 14.6. The van der Waals surface area contributed by atoms with E-state index < -0.39 is 4.92 Å². The molecule has 0 saturated heterocycles. The van der Waals surface area contributed by atoms with E-state index in [1.807, 2.05) is 13.8 Å². The molecule has 1 aromatic heterocycles. The summed E-state index contributed by atoms with van der Waals surface area (Å²) in [5.74, 6) is 1.23. The molecular weight excluding hydrogens is 371 g/mol. The standard InChI is InChI=1S/C13H13IN4O2/c1-3-15-13-11(14)7-16-12(17-13)10-6-9(18(19)20)5-4-8(10)2/h4-7H,3H2,1-2H3,(H,15,16,17). The van der Waals surface area contributed by atoms with Gasteiger partial charge in [-0.05, 0) is 42.0 Å². The molecule has 104 valence electrons. The highest BCUT2D eigenvalue weighted by atomic mass is 127. The fourth-order valence-corrected chi connectivity index (χ4v) is 2.20. The van der Waals surface area contributed by atoms with Gasteiger partial charge < -0.3 is 5.32 Å². The number of non-ortho nitro benzene ring substituents is 1. The van der Waals surface area contributed by atoms with Gasteiger partial charge in [-0.3, -0.25) is 10.1 Å². The van der Waals surface area contributed by atoms with Crippen molar-refractivity contribution in [2.75, 3.05) is 11.9 Å². The lowest BCUT2D eigenvalue weighted by molar-refractivity contribution is -0.384. The summed E-state index contributed by atoms with van der Waals surface area (Å²) in [6.45, 7) is 4.62. The molecule has 0 aliphatic heterocycles. The molecule has 0 unspecified atom stereocenters. The molecule has 2 aromatic rings. The largest absolute Gasteiger partial charge is 0.369 e. The third-order valence-electron chi connectivity index (χ3n) is 2.76. The molecule has 1 aromatic carbocycles. The molecule has 0 saturated carbocycles. The molecule has 2 rings (SSSR count). The van der Waals surface area contributed by atoms with Gasteiger partial charge in [-0.15, -0.1) is 0 Å². The Morgan fingerprint density at radius 2 is 2.20 bits per heavy atom. The molecule has 6 nitrogen and oxygen atoms in total. The van der Waals surface area contributed by atoms with Gasteiger partial charge in [0.15, 0.2) is 5.82 Å². The van der Waals surface area contributed by atoms with Gasteiger partial charge >= 0.3 is 0 Å². The summed E-state index contributed by atoms with van der Waals surface area (Å²) in [7, 11) is 0. The Kier molecular flexibility index (Phi) is 4.48. The Morgan fingerprint density at radius 3 is 2.85 bits per heavy atom. The molecule has 0 radical (unpaired) electrons. The zero-order chi connectivity index (χ0) is 14.7. The number of halogens is 1. The lowest BCUT2D eigenvalue weighted by Gasteiger charge is -2.09. The molecule has 20 heavy (non-hydrogen) atoms. The lowest BCUT2D eigenvalue weighted by Crippen LogP contribution is -2.04. The zero-order valence-electron chi connectivity index (χ0n) is 11.1. The van der Waals surface area contributed by atoms with Crippen LogP contribution in [0.15, 0.2) is 24.4 Å². The van der Waals surface area contributed by atoms with Crippen molar-refractivity contribution in [3.63, 3.8) is 0 Å². The third-order valence-corrected chi connectivity index (χ3v) is 3.55. The molecule has 1 heterocycles. The van der Waals surface area contributed by atoms with Crippen molar-refractivity contribution in [3.05, 3.63) is 43.6 Å². The first-order valence-electron chi connectivity index (χ1n) is 6.04. The normalized spacial score (nSPS) is 10.3. The quantitative estimate of drug-likeness (QED) is 0.497. The Labute approximate surface area is 129 Å². The minimum atomic E-state index is -0.416. The maximum absolute atomic E-state index is 10.9. The zero-order valence-corrected chi connectivity index (χ0v) is 13.2. The van der Waals surface area contributed by atoms with E-state index in [1.165, 1.54) is 12.1 Å². The van der Waals surface area contributed by atoms with E-state index in [4.69, 9.17) is 0 Å². The number of nitrogens with one attached hydrogen (secondary N) is 1. The van der Waals surface area contributed by atoms with Crippen LogP contribution in [0.4, 0.5) is 11.5 Å². The van der Waals surface area contributed by atoms with Gasteiger partial charge in [0.2, 0.25) is 0 Å². The number of hydrogen-bond acceptors (Lipinski definition) is 5. The Hall–Kier alpha value is -1.77. The second-order valence-corrected chi connectivity index (χ2v) is 5.34. The summed E-state index contributed by atoms with van der Waals surface area (Å²) in [5, 5.41) is 14.0. The second-order valence-electron chi connectivity index (χ2n) is 4.18. The smallest absolute Gasteiger partial charge is 0.270 e. The predicted molar refractivity (Wildman–Crippen MR) is 85.7 cm³/mol. The molecule has 0 aliphatic rings. The van der Waals surface area contributed by atoms with Crippen LogP contribution in [0.2, 0.25) is 0 Å². The summed E-state index contributed by atoms with van der Waals surface area (Å²) in [6, 6.07) is 4.70. The fourth-order valence-electron chi connectivity index (χ4n) is 1.75. The molecule has 0 aliphatic carbocycles. The molecule has 0 bridgehead atoms. The van der Waals surface area contributed by atoms with Crippen molar-refractivity contribution in [1.82, 2.24) is 9.97 Å². The first-order chi connectivity index (χ1) is 9.52. The van der Waals surface area contributed by atoms with Crippen LogP contribution >= 0.6 is 22.6 Å². The van der Waals surface area contributed by atoms with Crippen LogP contribution in [0.5, 0.6) is 0 Å². The molecule has 0 amide bonds. The Morgan fingerprint density at radius 1 is 1.45 bits per heavy atom. The minimum absolute atomic E-state index is 0.0396. The van der Waals surface area contributed by atoms with Crippen LogP contribution in [-0.2, 0) is 0 Å². The van der Waals surface area contributed by atoms with Crippen molar-refractivity contribution >= 4 is 34.1 Å². The van der Waals surface area contributed by atoms with Crippen LogP contribution in [-0.4, -0.2) is 21.4 Å². The summed E-state index contributed by atoms with van der Waals surface area (Å²) in [6.07, 6.45) is 1.71. The van der Waals surface area contributed by atoms with Crippen molar-refractivity contribution in [2.45, 2.75) is 13.8 Å². The van der Waals surface area contributed by atoms with Crippen LogP contribution in [0.1, 0.15) is 12.5 Å². The highest BCUT2D eigenvalue weighted by molar-refractivity contribution is 14.1. The van der Waals surface area contributed by atoms with Crippen molar-refractivity contribution in [2.24, 2.45) is 0 Å². The van der Waals surface area contributed by atoms with E-state index in [1.54, 1.807) is 12.3 Å². The van der Waals surface area contributed by atoms with Gasteiger partial charge in [0.25, 0.3) is 5.69 Å². The van der Waals surface area contributed by atoms with Crippen LogP contribution < -0.4 is 5.32 Å². The number of nitro benzene ring substituents is 1. The van der Waals surface area contributed by atoms with Crippen molar-refractivity contribution < 1.29 is 4.92 Å². The third kappa shape index (κ3) is 3.03. The molecular formula is C13H13IN4O2. The first-order valence-corrected chi connectivity index (χ1v) is 7.12. The number of nitro groups is 1. The number of aryl methyl sites for hydroxylation is 1. The Bertz CT molecular complexity index is 661. The Balaban J connectivity index is 2.53. The number of anilines is 1. The van der Waals surface area contributed by atoms with Gasteiger partial charge in [0, 0.05) is 30.4 Å². The topological polar surface area (TPSA) is 81.0 Å². The minimum Gasteiger partial charge on any atom is -0.369 e. The summed E-state index contributed by atoms with van der Waals surface area (Å²) in [4.78, 5) is 19.2. The number of nitrogens with zero attached hydrogens (tertiary/aromatic N) is 3. The van der Waals surface area contributed by atoms with Crippen LogP contribution in [0.25, 0.3) is 11.4 Å². The summed E-state index contributed by atoms with van der Waals surface area (Å²) < 4.78 is 0.913. The number of rotatable bonds is 4. The molecule has 7 heteroatoms. The maximum atomic E-state index is 10.9. The van der Waals surface area contributed by atoms with Crippen molar-refractivity contribution in [3.8, 4) is 11.4 Å². The molecule has 0 fully saturated rings. The van der Waals surface area contributed by atoms with Crippen LogP contribution in [0, 0.1) is 20.6 Å². The molecule has 1 N–H and O–H groups in total. The average Bonchev–Trinajstić information content (AvgIpc) is 2.42. The van der Waals surface area contributed by atoms with Crippen LogP contribution in [0.3, 0.4) is 0 Å². The molecule has 0 atom stereocenters. The van der Waals surface area contributed by atoms with Gasteiger partial charge in [-0.25, -0.2) is 9.97 Å². The van der Waals surface area contributed by atoms with E-state index in [0.717, 1.165) is 21.5 Å². The molecule has 0 spiro atoms. The number of aromatic nitrogens is 2. The van der Waals surface area contributed by atoms with Gasteiger partial charge in [-0.2, -0.15) is 0 Å². The van der Waals surface area contributed by atoms with Gasteiger partial charge in [-0.1, -0.05) is 6.07 Å². The van der Waals surface area contributed by atoms with Gasteiger partial charge in [0.05, 0.1) is 8.49 Å². The van der Waals surface area contributed by atoms with E-state index in [9.17, 15) is 10.1 Å². The summed E-state index contributed by atoms with van der Waals surface area (Å²) >= 11 is 2.15. The lowest BCUT2D eigenvalue weighted by atomic mass is 10.1. The van der Waals surface area contributed by atoms with E-state index in [-0.39, 0.29) is 5.69 Å². The second kappa shape index (κ2) is 6.12. The van der Waals surface area contributed by atoms with E-state index in [2.05, 4.69) is 37.9 Å². The number of hydrogen-bond donors (Lipinski definition) is 1. The maximum Gasteiger partial charge on any atom is 0.270 e. The number of benzene rings is 1. The summed E-state index contributed by atoms with van der Waals surface area (Å²) in [5.41, 5.74) is 1.62. The van der Waals surface area contributed by atoms with Crippen molar-refractivity contribution in [1.29, 1.82) is 0 Å². The van der Waals surface area contributed by atoms with E-state index in [0.29, 0.717) is 11.4 Å².